The number of rotatable bonds is 3. The lowest BCUT2D eigenvalue weighted by atomic mass is 9.60. The van der Waals surface area contributed by atoms with E-state index in [-0.39, 0.29) is 35.6 Å². The minimum atomic E-state index is -1.68. The standard InChI is InChI=1S/C27H26BrN3O4/c1-4-35-24(33)22-23(29)31(16-11-9-15(28)10-12-16)19-13-26(2,3)14-20(32)21(19)27(22)17-7-5-6-8-18(17)30-25(27)34/h5-12H,4,13-14,29H2,1-3H3,(H,30,34). The van der Waals surface area contributed by atoms with Crippen LogP contribution in [0.4, 0.5) is 11.4 Å². The molecule has 1 amide bonds. The second kappa shape index (κ2) is 8.09. The van der Waals surface area contributed by atoms with Crippen molar-refractivity contribution in [3.05, 3.63) is 81.2 Å². The number of amides is 1. The Balaban J connectivity index is 1.91. The van der Waals surface area contributed by atoms with Crippen molar-refractivity contribution in [3.8, 4) is 0 Å². The lowest BCUT2D eigenvalue weighted by Crippen LogP contribution is -2.54. The maximum absolute atomic E-state index is 13.9. The first-order chi connectivity index (χ1) is 16.6. The number of nitrogens with two attached hydrogens (primary N) is 1. The van der Waals surface area contributed by atoms with E-state index in [2.05, 4.69) is 21.2 Å². The molecular formula is C27H26BrN3O4. The number of hydrogen-bond acceptors (Lipinski definition) is 6. The molecule has 1 unspecified atom stereocenters. The number of esters is 1. The number of halogens is 1. The fourth-order valence-corrected chi connectivity index (χ4v) is 5.84. The highest BCUT2D eigenvalue weighted by atomic mass is 79.9. The number of ether oxygens (including phenoxy) is 1. The fourth-order valence-electron chi connectivity index (χ4n) is 5.58. The first kappa shape index (κ1) is 23.4. The summed E-state index contributed by atoms with van der Waals surface area (Å²) in [4.78, 5) is 43.1. The summed E-state index contributed by atoms with van der Waals surface area (Å²) in [6.45, 7) is 5.83. The summed E-state index contributed by atoms with van der Waals surface area (Å²) in [6, 6.07) is 14.6. The van der Waals surface area contributed by atoms with E-state index >= 15 is 0 Å². The molecule has 1 atom stereocenters. The van der Waals surface area contributed by atoms with Crippen LogP contribution in [0.25, 0.3) is 0 Å². The monoisotopic (exact) mass is 535 g/mol. The van der Waals surface area contributed by atoms with Gasteiger partial charge in [-0.25, -0.2) is 4.79 Å². The molecule has 0 aromatic heterocycles. The number of Topliss-reactive ketones (excluding diaryl/α,β-unsaturated/α-hetero) is 1. The predicted octanol–water partition coefficient (Wildman–Crippen LogP) is 4.54. The lowest BCUT2D eigenvalue weighted by Gasteiger charge is -2.47. The highest BCUT2D eigenvalue weighted by Crippen LogP contribution is 2.57. The Labute approximate surface area is 212 Å². The van der Waals surface area contributed by atoms with Crippen LogP contribution in [0, 0.1) is 5.41 Å². The van der Waals surface area contributed by atoms with Gasteiger partial charge in [0.1, 0.15) is 16.8 Å². The van der Waals surface area contributed by atoms with E-state index in [1.165, 1.54) is 0 Å². The Hall–Kier alpha value is -3.39. The third-order valence-electron chi connectivity index (χ3n) is 6.85. The molecule has 3 N–H and O–H groups in total. The summed E-state index contributed by atoms with van der Waals surface area (Å²) in [5.74, 6) is -1.29. The summed E-state index contributed by atoms with van der Waals surface area (Å²) in [5.41, 5.74) is 7.43. The quantitative estimate of drug-likeness (QED) is 0.559. The molecule has 0 saturated carbocycles. The van der Waals surface area contributed by atoms with Crippen LogP contribution in [-0.4, -0.2) is 24.3 Å². The molecule has 3 aliphatic rings. The highest BCUT2D eigenvalue weighted by Gasteiger charge is 2.62. The van der Waals surface area contributed by atoms with Crippen LogP contribution in [0.1, 0.15) is 39.2 Å². The number of carbonyl (C=O) groups excluding carboxylic acids is 3. The molecule has 0 bridgehead atoms. The number of benzene rings is 2. The van der Waals surface area contributed by atoms with E-state index in [1.54, 1.807) is 36.1 Å². The van der Waals surface area contributed by atoms with Gasteiger partial charge >= 0.3 is 5.97 Å². The topological polar surface area (TPSA) is 102 Å². The van der Waals surface area contributed by atoms with E-state index in [0.717, 1.165) is 4.47 Å². The molecule has 35 heavy (non-hydrogen) atoms. The van der Waals surface area contributed by atoms with Crippen LogP contribution in [0.3, 0.4) is 0 Å². The zero-order valence-corrected chi connectivity index (χ0v) is 21.4. The summed E-state index contributed by atoms with van der Waals surface area (Å²) < 4.78 is 6.31. The van der Waals surface area contributed by atoms with Gasteiger partial charge in [0.15, 0.2) is 5.78 Å². The number of carbonyl (C=O) groups is 3. The van der Waals surface area contributed by atoms with Crippen molar-refractivity contribution in [2.75, 3.05) is 16.8 Å². The van der Waals surface area contributed by atoms with Crippen molar-refractivity contribution in [1.29, 1.82) is 0 Å². The largest absolute Gasteiger partial charge is 0.462 e. The van der Waals surface area contributed by atoms with Gasteiger partial charge in [0.25, 0.3) is 0 Å². The van der Waals surface area contributed by atoms with Crippen molar-refractivity contribution >= 4 is 45.0 Å². The highest BCUT2D eigenvalue weighted by molar-refractivity contribution is 9.10. The van der Waals surface area contributed by atoms with Crippen LogP contribution in [0.15, 0.2) is 75.7 Å². The number of fused-ring (bicyclic) bond motifs is 3. The maximum atomic E-state index is 13.9. The zero-order chi connectivity index (χ0) is 25.1. The smallest absolute Gasteiger partial charge is 0.339 e. The van der Waals surface area contributed by atoms with Gasteiger partial charge in [-0.3, -0.25) is 14.5 Å². The Bertz CT molecular complexity index is 1340. The van der Waals surface area contributed by atoms with Gasteiger partial charge in [-0.15, -0.1) is 0 Å². The summed E-state index contributed by atoms with van der Waals surface area (Å²) in [6.07, 6.45) is 0.741. The Morgan fingerprint density at radius 1 is 1.11 bits per heavy atom. The molecule has 8 heteroatoms. The van der Waals surface area contributed by atoms with E-state index in [4.69, 9.17) is 10.5 Å². The van der Waals surface area contributed by atoms with Gasteiger partial charge in [-0.05, 0) is 49.1 Å². The van der Waals surface area contributed by atoms with Crippen LogP contribution in [-0.2, 0) is 24.5 Å². The molecule has 0 fully saturated rings. The summed E-state index contributed by atoms with van der Waals surface area (Å²) in [5, 5.41) is 2.89. The van der Waals surface area contributed by atoms with Crippen LogP contribution in [0.2, 0.25) is 0 Å². The predicted molar refractivity (Wildman–Crippen MR) is 136 cm³/mol. The first-order valence-electron chi connectivity index (χ1n) is 11.5. The number of nitrogens with zero attached hydrogens (tertiary/aromatic N) is 1. The molecule has 0 saturated heterocycles. The molecule has 2 aromatic carbocycles. The van der Waals surface area contributed by atoms with Crippen molar-refractivity contribution < 1.29 is 19.1 Å². The van der Waals surface area contributed by atoms with E-state index in [9.17, 15) is 14.4 Å². The van der Waals surface area contributed by atoms with E-state index in [0.29, 0.717) is 34.6 Å². The van der Waals surface area contributed by atoms with Crippen LogP contribution < -0.4 is 16.0 Å². The van der Waals surface area contributed by atoms with Crippen molar-refractivity contribution in [2.24, 2.45) is 11.1 Å². The van der Waals surface area contributed by atoms with Gasteiger partial charge < -0.3 is 15.8 Å². The minimum absolute atomic E-state index is 0.0310. The van der Waals surface area contributed by atoms with Gasteiger partial charge in [0.05, 0.1) is 6.61 Å². The number of para-hydroxylation sites is 1. The first-order valence-corrected chi connectivity index (χ1v) is 12.3. The number of allylic oxidation sites excluding steroid dienone is 1. The average Bonchev–Trinajstić information content (AvgIpc) is 3.06. The number of nitrogens with one attached hydrogen (secondary N) is 1. The van der Waals surface area contributed by atoms with E-state index in [1.807, 2.05) is 38.1 Å². The third-order valence-corrected chi connectivity index (χ3v) is 7.38. The van der Waals surface area contributed by atoms with Gasteiger partial charge in [0.2, 0.25) is 5.91 Å². The zero-order valence-electron chi connectivity index (χ0n) is 19.8. The second-order valence-corrected chi connectivity index (χ2v) is 10.7. The molecule has 5 rings (SSSR count). The van der Waals surface area contributed by atoms with Crippen LogP contribution >= 0.6 is 15.9 Å². The van der Waals surface area contributed by atoms with Gasteiger partial charge in [-0.1, -0.05) is 48.0 Å². The van der Waals surface area contributed by atoms with Gasteiger partial charge in [-0.2, -0.15) is 0 Å². The average molecular weight is 536 g/mol. The Morgan fingerprint density at radius 3 is 2.49 bits per heavy atom. The SMILES string of the molecule is CCOC(=O)C1=C(N)N(c2ccc(Br)cc2)C2=C(C(=O)CC(C)(C)C2)C12C(=O)Nc1ccccc12. The molecular weight excluding hydrogens is 510 g/mol. The number of anilines is 2. The normalized spacial score (nSPS) is 22.8. The van der Waals surface area contributed by atoms with Crippen molar-refractivity contribution in [3.63, 3.8) is 0 Å². The second-order valence-electron chi connectivity index (χ2n) is 9.80. The van der Waals surface area contributed by atoms with Crippen LogP contribution in [0.5, 0.6) is 0 Å². The summed E-state index contributed by atoms with van der Waals surface area (Å²) >= 11 is 3.46. The molecule has 180 valence electrons. The number of ketones is 1. The maximum Gasteiger partial charge on any atom is 0.339 e. The molecule has 2 aliphatic heterocycles. The summed E-state index contributed by atoms with van der Waals surface area (Å²) in [7, 11) is 0. The minimum Gasteiger partial charge on any atom is -0.462 e. The van der Waals surface area contributed by atoms with Crippen molar-refractivity contribution in [1.82, 2.24) is 0 Å². The third kappa shape index (κ3) is 3.34. The molecule has 2 aromatic rings. The lowest BCUT2D eigenvalue weighted by molar-refractivity contribution is -0.140. The Kier molecular flexibility index (Phi) is 5.40. The van der Waals surface area contributed by atoms with E-state index < -0.39 is 17.3 Å². The molecule has 1 spiro atoms. The van der Waals surface area contributed by atoms with Gasteiger partial charge in [0, 0.05) is 39.1 Å². The molecule has 1 aliphatic carbocycles. The van der Waals surface area contributed by atoms with Crippen molar-refractivity contribution in [2.45, 2.75) is 39.0 Å². The Morgan fingerprint density at radius 2 is 1.80 bits per heavy atom. The molecule has 0 radical (unpaired) electrons. The number of hydrogen-bond donors (Lipinski definition) is 2. The fraction of sp³-hybridized carbons (Fsp3) is 0.296. The molecule has 2 heterocycles. The molecule has 7 nitrogen and oxygen atoms in total.